The normalized spacial score (nSPS) is 22.6. The van der Waals surface area contributed by atoms with E-state index in [1.54, 1.807) is 12.1 Å². The van der Waals surface area contributed by atoms with Gasteiger partial charge >= 0.3 is 5.97 Å². The van der Waals surface area contributed by atoms with Gasteiger partial charge < -0.3 is 14.8 Å². The number of carbonyl (C=O) groups is 1. The van der Waals surface area contributed by atoms with Crippen molar-refractivity contribution in [1.29, 1.82) is 0 Å². The fraction of sp³-hybridized carbons (Fsp3) is 0.500. The molecule has 5 heteroatoms. The number of aliphatic hydroxyl groups excluding tert-OH is 1. The zero-order valence-corrected chi connectivity index (χ0v) is 12.1. The summed E-state index contributed by atoms with van der Waals surface area (Å²) >= 11 is 0. The lowest BCUT2D eigenvalue weighted by molar-refractivity contribution is 0.0697. The Morgan fingerprint density at radius 3 is 2.95 bits per heavy atom. The van der Waals surface area contributed by atoms with Crippen molar-refractivity contribution in [2.24, 2.45) is 5.92 Å². The number of benzene rings is 1. The molecular weight excluding hydrogens is 268 g/mol. The van der Waals surface area contributed by atoms with Crippen LogP contribution in [0.25, 0.3) is 11.0 Å². The number of para-hydroxylation sites is 1. The third kappa shape index (κ3) is 2.65. The van der Waals surface area contributed by atoms with E-state index in [0.29, 0.717) is 17.0 Å². The summed E-state index contributed by atoms with van der Waals surface area (Å²) in [6.45, 7) is 2.63. The average molecular weight is 288 g/mol. The molecule has 1 aromatic carbocycles. The SMILES string of the molecule is Cc1nc2cccc(C(=O)O)c2n1CC1CCCC(O)C1. The Morgan fingerprint density at radius 1 is 1.43 bits per heavy atom. The second-order valence-electron chi connectivity index (χ2n) is 5.93. The molecule has 1 heterocycles. The van der Waals surface area contributed by atoms with E-state index < -0.39 is 5.97 Å². The Morgan fingerprint density at radius 2 is 2.24 bits per heavy atom. The number of nitrogens with zero attached hydrogens (tertiary/aromatic N) is 2. The maximum Gasteiger partial charge on any atom is 0.337 e. The standard InChI is InChI=1S/C16H20N2O3/c1-10-17-14-7-3-6-13(16(20)21)15(14)18(10)9-11-4-2-5-12(19)8-11/h3,6-7,11-12,19H,2,4-5,8-9H2,1H3,(H,20,21). The van der Waals surface area contributed by atoms with Crippen molar-refractivity contribution in [1.82, 2.24) is 9.55 Å². The van der Waals surface area contributed by atoms with Crippen molar-refractivity contribution in [2.45, 2.75) is 45.3 Å². The summed E-state index contributed by atoms with van der Waals surface area (Å²) < 4.78 is 2.00. The number of carboxylic acids is 1. The smallest absolute Gasteiger partial charge is 0.337 e. The molecule has 1 saturated carbocycles. The van der Waals surface area contributed by atoms with Gasteiger partial charge in [-0.25, -0.2) is 9.78 Å². The number of aryl methyl sites for hydroxylation is 1. The van der Waals surface area contributed by atoms with E-state index in [2.05, 4.69) is 4.98 Å². The van der Waals surface area contributed by atoms with Crippen molar-refractivity contribution in [3.8, 4) is 0 Å². The number of aromatic carboxylic acids is 1. The Hall–Kier alpha value is -1.88. The molecule has 112 valence electrons. The minimum Gasteiger partial charge on any atom is -0.478 e. The highest BCUT2D eigenvalue weighted by Gasteiger charge is 2.23. The van der Waals surface area contributed by atoms with Crippen LogP contribution in [0.15, 0.2) is 18.2 Å². The first-order valence-corrected chi connectivity index (χ1v) is 7.43. The van der Waals surface area contributed by atoms with Gasteiger partial charge in [-0.15, -0.1) is 0 Å². The zero-order chi connectivity index (χ0) is 15.0. The van der Waals surface area contributed by atoms with E-state index in [9.17, 15) is 15.0 Å². The molecule has 0 radical (unpaired) electrons. The van der Waals surface area contributed by atoms with Crippen molar-refractivity contribution < 1.29 is 15.0 Å². The molecule has 1 aliphatic rings. The molecule has 2 N–H and O–H groups in total. The van der Waals surface area contributed by atoms with Crippen LogP contribution >= 0.6 is 0 Å². The first-order chi connectivity index (χ1) is 10.1. The van der Waals surface area contributed by atoms with Gasteiger partial charge in [0.1, 0.15) is 5.82 Å². The summed E-state index contributed by atoms with van der Waals surface area (Å²) in [5.41, 5.74) is 1.72. The topological polar surface area (TPSA) is 75.3 Å². The first kappa shape index (κ1) is 14.1. The molecule has 0 saturated heterocycles. The van der Waals surface area contributed by atoms with Crippen LogP contribution in [0.4, 0.5) is 0 Å². The monoisotopic (exact) mass is 288 g/mol. The fourth-order valence-corrected chi connectivity index (χ4v) is 3.38. The molecule has 21 heavy (non-hydrogen) atoms. The molecule has 0 amide bonds. The number of fused-ring (bicyclic) bond motifs is 1. The third-order valence-corrected chi connectivity index (χ3v) is 4.38. The van der Waals surface area contributed by atoms with Gasteiger partial charge in [0.05, 0.1) is 22.7 Å². The minimum absolute atomic E-state index is 0.224. The lowest BCUT2D eigenvalue weighted by Gasteiger charge is -2.26. The first-order valence-electron chi connectivity index (χ1n) is 7.43. The van der Waals surface area contributed by atoms with Gasteiger partial charge in [-0.3, -0.25) is 0 Å². The van der Waals surface area contributed by atoms with Crippen molar-refractivity contribution >= 4 is 17.0 Å². The summed E-state index contributed by atoms with van der Waals surface area (Å²) in [6.07, 6.45) is 3.54. The second kappa shape index (κ2) is 5.48. The number of aliphatic hydroxyl groups is 1. The van der Waals surface area contributed by atoms with E-state index in [1.807, 2.05) is 17.6 Å². The molecule has 2 aromatic rings. The zero-order valence-electron chi connectivity index (χ0n) is 12.1. The highest BCUT2D eigenvalue weighted by Crippen LogP contribution is 2.28. The van der Waals surface area contributed by atoms with Crippen molar-refractivity contribution in [3.63, 3.8) is 0 Å². The number of hydrogen-bond donors (Lipinski definition) is 2. The van der Waals surface area contributed by atoms with Crippen LogP contribution in [0, 0.1) is 12.8 Å². The van der Waals surface area contributed by atoms with Crippen LogP contribution in [0.1, 0.15) is 41.9 Å². The van der Waals surface area contributed by atoms with Crippen LogP contribution < -0.4 is 0 Å². The number of carboxylic acid groups (broad SMARTS) is 1. The van der Waals surface area contributed by atoms with E-state index in [0.717, 1.165) is 43.6 Å². The maximum absolute atomic E-state index is 11.4. The third-order valence-electron chi connectivity index (χ3n) is 4.38. The molecule has 0 bridgehead atoms. The Labute approximate surface area is 123 Å². The highest BCUT2D eigenvalue weighted by atomic mass is 16.4. The maximum atomic E-state index is 11.4. The van der Waals surface area contributed by atoms with Gasteiger partial charge in [0.15, 0.2) is 0 Å². The van der Waals surface area contributed by atoms with Crippen LogP contribution in [-0.4, -0.2) is 31.8 Å². The summed E-state index contributed by atoms with van der Waals surface area (Å²) in [6, 6.07) is 5.20. The molecule has 2 atom stereocenters. The lowest BCUT2D eigenvalue weighted by atomic mass is 9.87. The number of hydrogen-bond acceptors (Lipinski definition) is 3. The molecule has 5 nitrogen and oxygen atoms in total. The predicted molar refractivity (Wildman–Crippen MR) is 79.4 cm³/mol. The van der Waals surface area contributed by atoms with Crippen molar-refractivity contribution in [3.05, 3.63) is 29.6 Å². The fourth-order valence-electron chi connectivity index (χ4n) is 3.38. The summed E-state index contributed by atoms with van der Waals surface area (Å²) in [4.78, 5) is 15.9. The van der Waals surface area contributed by atoms with Gasteiger partial charge in [-0.2, -0.15) is 0 Å². The summed E-state index contributed by atoms with van der Waals surface area (Å²) in [5, 5.41) is 19.2. The van der Waals surface area contributed by atoms with Crippen LogP contribution in [0.3, 0.4) is 0 Å². The van der Waals surface area contributed by atoms with E-state index in [-0.39, 0.29) is 6.10 Å². The second-order valence-corrected chi connectivity index (χ2v) is 5.93. The van der Waals surface area contributed by atoms with Crippen molar-refractivity contribution in [2.75, 3.05) is 0 Å². The molecule has 0 aliphatic heterocycles. The van der Waals surface area contributed by atoms with E-state index in [4.69, 9.17) is 0 Å². The Kier molecular flexibility index (Phi) is 3.68. The largest absolute Gasteiger partial charge is 0.478 e. The molecule has 1 aliphatic carbocycles. The molecule has 1 aromatic heterocycles. The number of rotatable bonds is 3. The van der Waals surface area contributed by atoms with Gasteiger partial charge in [0.2, 0.25) is 0 Å². The quantitative estimate of drug-likeness (QED) is 0.910. The van der Waals surface area contributed by atoms with Crippen LogP contribution in [0.2, 0.25) is 0 Å². The Bertz CT molecular complexity index is 677. The lowest BCUT2D eigenvalue weighted by Crippen LogP contribution is -2.23. The van der Waals surface area contributed by atoms with Gasteiger partial charge in [-0.1, -0.05) is 12.5 Å². The molecular formula is C16H20N2O3. The minimum atomic E-state index is -0.926. The summed E-state index contributed by atoms with van der Waals surface area (Å²) in [7, 11) is 0. The van der Waals surface area contributed by atoms with Gasteiger partial charge in [0.25, 0.3) is 0 Å². The van der Waals surface area contributed by atoms with Crippen LogP contribution in [-0.2, 0) is 6.54 Å². The van der Waals surface area contributed by atoms with Crippen LogP contribution in [0.5, 0.6) is 0 Å². The van der Waals surface area contributed by atoms with Gasteiger partial charge in [-0.05, 0) is 44.2 Å². The summed E-state index contributed by atoms with van der Waals surface area (Å²) in [5.74, 6) is 0.288. The molecule has 1 fully saturated rings. The van der Waals surface area contributed by atoms with Gasteiger partial charge in [0, 0.05) is 6.54 Å². The Balaban J connectivity index is 2.01. The predicted octanol–water partition coefficient (Wildman–Crippen LogP) is 2.59. The van der Waals surface area contributed by atoms with E-state index >= 15 is 0 Å². The highest BCUT2D eigenvalue weighted by molar-refractivity contribution is 6.01. The average Bonchev–Trinajstić information content (AvgIpc) is 2.75. The van der Waals surface area contributed by atoms with E-state index in [1.165, 1.54) is 0 Å². The number of aromatic nitrogens is 2. The molecule has 3 rings (SSSR count). The molecule has 0 spiro atoms. The molecule has 2 unspecified atom stereocenters. The number of imidazole rings is 1.